The van der Waals surface area contributed by atoms with E-state index in [9.17, 15) is 9.90 Å². The molecule has 0 fully saturated rings. The standard InChI is InChI=1S/C13H17Cl2NO3/c1-8(2)16-12(18)3-4-19-13-9(7-17)5-10(14)6-11(13)15/h5-6,8,17H,3-4,7H2,1-2H3,(H,16,18). The number of ether oxygens (including phenoxy) is 1. The lowest BCUT2D eigenvalue weighted by Crippen LogP contribution is -2.31. The van der Waals surface area contributed by atoms with Crippen LogP contribution < -0.4 is 10.1 Å². The van der Waals surface area contributed by atoms with E-state index in [1.165, 1.54) is 6.07 Å². The van der Waals surface area contributed by atoms with Gasteiger partial charge in [-0.1, -0.05) is 23.2 Å². The molecule has 0 aliphatic rings. The van der Waals surface area contributed by atoms with Crippen LogP contribution in [0.4, 0.5) is 0 Å². The third-order valence-corrected chi connectivity index (χ3v) is 2.78. The van der Waals surface area contributed by atoms with Gasteiger partial charge in [-0.3, -0.25) is 4.79 Å². The molecule has 0 aliphatic carbocycles. The monoisotopic (exact) mass is 305 g/mol. The first-order valence-corrected chi connectivity index (χ1v) is 6.70. The SMILES string of the molecule is CC(C)NC(=O)CCOc1c(Cl)cc(Cl)cc1CO. The van der Waals surface area contributed by atoms with Crippen LogP contribution in [0, 0.1) is 0 Å². The number of hydrogen-bond donors (Lipinski definition) is 2. The summed E-state index contributed by atoms with van der Waals surface area (Å²) in [6.45, 7) is 3.73. The minimum atomic E-state index is -0.228. The van der Waals surface area contributed by atoms with Gasteiger partial charge in [0.05, 0.1) is 24.7 Å². The number of benzene rings is 1. The lowest BCUT2D eigenvalue weighted by Gasteiger charge is -2.13. The summed E-state index contributed by atoms with van der Waals surface area (Å²) < 4.78 is 5.45. The van der Waals surface area contributed by atoms with Gasteiger partial charge in [-0.25, -0.2) is 0 Å². The van der Waals surface area contributed by atoms with Crippen molar-refractivity contribution < 1.29 is 14.6 Å². The molecule has 4 nitrogen and oxygen atoms in total. The van der Waals surface area contributed by atoms with E-state index in [0.29, 0.717) is 21.4 Å². The first kappa shape index (κ1) is 16.1. The summed E-state index contributed by atoms with van der Waals surface area (Å²) in [7, 11) is 0. The summed E-state index contributed by atoms with van der Waals surface area (Å²) in [5.41, 5.74) is 0.502. The molecule has 0 aliphatic heterocycles. The average Bonchev–Trinajstić information content (AvgIpc) is 2.30. The predicted octanol–water partition coefficient (Wildman–Crippen LogP) is 2.78. The molecule has 0 aromatic heterocycles. The van der Waals surface area contributed by atoms with Crippen molar-refractivity contribution in [1.29, 1.82) is 0 Å². The van der Waals surface area contributed by atoms with Crippen molar-refractivity contribution in [3.8, 4) is 5.75 Å². The summed E-state index contributed by atoms with van der Waals surface area (Å²) in [4.78, 5) is 11.4. The van der Waals surface area contributed by atoms with Crippen molar-refractivity contribution in [2.45, 2.75) is 32.9 Å². The highest BCUT2D eigenvalue weighted by Crippen LogP contribution is 2.32. The fourth-order valence-corrected chi connectivity index (χ4v) is 2.12. The molecule has 1 aromatic carbocycles. The number of carbonyl (C=O) groups is 1. The zero-order chi connectivity index (χ0) is 14.4. The minimum Gasteiger partial charge on any atom is -0.491 e. The number of rotatable bonds is 6. The molecular weight excluding hydrogens is 289 g/mol. The maximum atomic E-state index is 11.4. The largest absolute Gasteiger partial charge is 0.491 e. The van der Waals surface area contributed by atoms with Gasteiger partial charge in [-0.15, -0.1) is 0 Å². The number of aliphatic hydroxyl groups is 1. The molecular formula is C13H17Cl2NO3. The highest BCUT2D eigenvalue weighted by Gasteiger charge is 2.11. The fraction of sp³-hybridized carbons (Fsp3) is 0.462. The van der Waals surface area contributed by atoms with Crippen LogP contribution in [0.25, 0.3) is 0 Å². The molecule has 0 saturated carbocycles. The second kappa shape index (κ2) is 7.58. The zero-order valence-corrected chi connectivity index (χ0v) is 12.4. The molecule has 0 saturated heterocycles. The van der Waals surface area contributed by atoms with Crippen LogP contribution in [0.3, 0.4) is 0 Å². The lowest BCUT2D eigenvalue weighted by molar-refractivity contribution is -0.122. The van der Waals surface area contributed by atoms with Gasteiger partial charge in [0.25, 0.3) is 0 Å². The topological polar surface area (TPSA) is 58.6 Å². The van der Waals surface area contributed by atoms with Gasteiger partial charge in [0.1, 0.15) is 5.75 Å². The maximum absolute atomic E-state index is 11.4. The molecule has 0 unspecified atom stereocenters. The zero-order valence-electron chi connectivity index (χ0n) is 10.9. The first-order valence-electron chi connectivity index (χ1n) is 5.95. The quantitative estimate of drug-likeness (QED) is 0.849. The third-order valence-electron chi connectivity index (χ3n) is 2.28. The van der Waals surface area contributed by atoms with Gasteiger partial charge in [-0.2, -0.15) is 0 Å². The van der Waals surface area contributed by atoms with Crippen molar-refractivity contribution in [2.75, 3.05) is 6.61 Å². The van der Waals surface area contributed by atoms with E-state index in [-0.39, 0.29) is 31.6 Å². The molecule has 1 aromatic rings. The van der Waals surface area contributed by atoms with E-state index in [4.69, 9.17) is 27.9 Å². The summed E-state index contributed by atoms with van der Waals surface area (Å²) in [6.07, 6.45) is 0.224. The Labute approximate surface area is 122 Å². The third kappa shape index (κ3) is 5.27. The summed E-state index contributed by atoms with van der Waals surface area (Å²) in [5.74, 6) is 0.275. The van der Waals surface area contributed by atoms with Crippen LogP contribution in [0.5, 0.6) is 5.75 Å². The Balaban J connectivity index is 2.60. The van der Waals surface area contributed by atoms with Crippen LogP contribution in [-0.2, 0) is 11.4 Å². The molecule has 0 atom stereocenters. The second-order valence-electron chi connectivity index (χ2n) is 4.35. The predicted molar refractivity (Wildman–Crippen MR) is 75.8 cm³/mol. The lowest BCUT2D eigenvalue weighted by atomic mass is 10.2. The minimum absolute atomic E-state index is 0.0920. The van der Waals surface area contributed by atoms with Crippen LogP contribution in [0.1, 0.15) is 25.8 Å². The highest BCUT2D eigenvalue weighted by molar-refractivity contribution is 6.35. The molecule has 0 spiro atoms. The molecule has 106 valence electrons. The highest BCUT2D eigenvalue weighted by atomic mass is 35.5. The van der Waals surface area contributed by atoms with Crippen molar-refractivity contribution >= 4 is 29.1 Å². The number of amides is 1. The molecule has 0 bridgehead atoms. The van der Waals surface area contributed by atoms with E-state index < -0.39 is 0 Å². The van der Waals surface area contributed by atoms with Gasteiger partial charge in [0.15, 0.2) is 0 Å². The Kier molecular flexibility index (Phi) is 6.42. The van der Waals surface area contributed by atoms with Crippen LogP contribution in [0.15, 0.2) is 12.1 Å². The van der Waals surface area contributed by atoms with Crippen molar-refractivity contribution in [3.05, 3.63) is 27.7 Å². The number of carbonyl (C=O) groups excluding carboxylic acids is 1. The maximum Gasteiger partial charge on any atom is 0.223 e. The van der Waals surface area contributed by atoms with Gasteiger partial charge in [-0.05, 0) is 26.0 Å². The van der Waals surface area contributed by atoms with Gasteiger partial charge < -0.3 is 15.2 Å². The van der Waals surface area contributed by atoms with Crippen molar-refractivity contribution in [1.82, 2.24) is 5.32 Å². The molecule has 0 radical (unpaired) electrons. The Morgan fingerprint density at radius 3 is 2.68 bits per heavy atom. The van der Waals surface area contributed by atoms with Crippen LogP contribution in [0.2, 0.25) is 10.0 Å². The van der Waals surface area contributed by atoms with Crippen molar-refractivity contribution in [2.24, 2.45) is 0 Å². The Hall–Kier alpha value is -0.970. The van der Waals surface area contributed by atoms with Crippen LogP contribution in [-0.4, -0.2) is 23.7 Å². The molecule has 19 heavy (non-hydrogen) atoms. The normalized spacial score (nSPS) is 10.6. The summed E-state index contributed by atoms with van der Waals surface area (Å²) in [5, 5.41) is 12.7. The number of aliphatic hydroxyl groups excluding tert-OH is 1. The molecule has 2 N–H and O–H groups in total. The van der Waals surface area contributed by atoms with E-state index in [1.807, 2.05) is 13.8 Å². The Morgan fingerprint density at radius 1 is 1.42 bits per heavy atom. The summed E-state index contributed by atoms with van der Waals surface area (Å²) >= 11 is 11.8. The van der Waals surface area contributed by atoms with E-state index in [0.717, 1.165) is 0 Å². The van der Waals surface area contributed by atoms with Gasteiger partial charge in [0, 0.05) is 16.6 Å². The molecule has 6 heteroatoms. The van der Waals surface area contributed by atoms with Gasteiger partial charge in [0.2, 0.25) is 5.91 Å². The average molecular weight is 306 g/mol. The molecule has 1 rings (SSSR count). The smallest absolute Gasteiger partial charge is 0.223 e. The fourth-order valence-electron chi connectivity index (χ4n) is 1.53. The Bertz CT molecular complexity index is 450. The molecule has 1 amide bonds. The second-order valence-corrected chi connectivity index (χ2v) is 5.20. The first-order chi connectivity index (χ1) is 8.93. The van der Waals surface area contributed by atoms with E-state index >= 15 is 0 Å². The number of halogens is 2. The van der Waals surface area contributed by atoms with E-state index in [1.54, 1.807) is 6.07 Å². The van der Waals surface area contributed by atoms with Crippen molar-refractivity contribution in [3.63, 3.8) is 0 Å². The molecule has 0 heterocycles. The number of nitrogens with one attached hydrogen (secondary N) is 1. The Morgan fingerprint density at radius 2 is 2.11 bits per heavy atom. The van der Waals surface area contributed by atoms with E-state index in [2.05, 4.69) is 5.32 Å². The van der Waals surface area contributed by atoms with Crippen LogP contribution >= 0.6 is 23.2 Å². The number of hydrogen-bond acceptors (Lipinski definition) is 3. The summed E-state index contributed by atoms with van der Waals surface area (Å²) in [6, 6.07) is 3.21. The van der Waals surface area contributed by atoms with Gasteiger partial charge >= 0.3 is 0 Å².